The SMILES string of the molecule is C=CC(c1nc2ccccc2[nH]1)n1ccnc1. The van der Waals surface area contributed by atoms with Gasteiger partial charge < -0.3 is 9.55 Å². The lowest BCUT2D eigenvalue weighted by atomic mass is 10.3. The third-order valence-corrected chi connectivity index (χ3v) is 2.76. The van der Waals surface area contributed by atoms with Crippen molar-refractivity contribution in [2.24, 2.45) is 0 Å². The Hall–Kier alpha value is -2.36. The molecule has 0 aliphatic carbocycles. The second-order valence-electron chi connectivity index (χ2n) is 3.83. The topological polar surface area (TPSA) is 46.5 Å². The van der Waals surface area contributed by atoms with Crippen LogP contribution in [-0.2, 0) is 0 Å². The Labute approximate surface area is 98.6 Å². The number of rotatable bonds is 3. The van der Waals surface area contributed by atoms with Crippen LogP contribution in [-0.4, -0.2) is 19.5 Å². The monoisotopic (exact) mass is 224 g/mol. The molecule has 1 atom stereocenters. The first-order valence-electron chi connectivity index (χ1n) is 5.43. The van der Waals surface area contributed by atoms with Crippen molar-refractivity contribution >= 4 is 11.0 Å². The highest BCUT2D eigenvalue weighted by molar-refractivity contribution is 5.74. The van der Waals surface area contributed by atoms with Gasteiger partial charge in [-0.2, -0.15) is 0 Å². The largest absolute Gasteiger partial charge is 0.340 e. The molecular formula is C13H12N4. The summed E-state index contributed by atoms with van der Waals surface area (Å²) in [5, 5.41) is 0. The molecule has 0 aliphatic heterocycles. The molecule has 0 bridgehead atoms. The van der Waals surface area contributed by atoms with E-state index < -0.39 is 0 Å². The minimum absolute atomic E-state index is 0.00935. The molecule has 1 unspecified atom stereocenters. The fourth-order valence-corrected chi connectivity index (χ4v) is 1.92. The van der Waals surface area contributed by atoms with Crippen molar-refractivity contribution in [2.75, 3.05) is 0 Å². The van der Waals surface area contributed by atoms with Crippen LogP contribution in [0.2, 0.25) is 0 Å². The second-order valence-corrected chi connectivity index (χ2v) is 3.83. The van der Waals surface area contributed by atoms with Crippen LogP contribution >= 0.6 is 0 Å². The van der Waals surface area contributed by atoms with Gasteiger partial charge in [-0.15, -0.1) is 6.58 Å². The van der Waals surface area contributed by atoms with Crippen LogP contribution in [0.25, 0.3) is 11.0 Å². The molecule has 3 rings (SSSR count). The minimum Gasteiger partial charge on any atom is -0.340 e. The highest BCUT2D eigenvalue weighted by Gasteiger charge is 2.13. The molecule has 1 aromatic carbocycles. The molecular weight excluding hydrogens is 212 g/mol. The predicted octanol–water partition coefficient (Wildman–Crippen LogP) is 2.53. The summed E-state index contributed by atoms with van der Waals surface area (Å²) in [5.74, 6) is 0.874. The number of fused-ring (bicyclic) bond motifs is 1. The molecule has 17 heavy (non-hydrogen) atoms. The van der Waals surface area contributed by atoms with Crippen molar-refractivity contribution in [1.29, 1.82) is 0 Å². The predicted molar refractivity (Wildman–Crippen MR) is 66.7 cm³/mol. The molecule has 0 aliphatic rings. The van der Waals surface area contributed by atoms with E-state index >= 15 is 0 Å². The fourth-order valence-electron chi connectivity index (χ4n) is 1.92. The van der Waals surface area contributed by atoms with Gasteiger partial charge >= 0.3 is 0 Å². The van der Waals surface area contributed by atoms with Crippen LogP contribution in [0.3, 0.4) is 0 Å². The number of aromatic amines is 1. The third-order valence-electron chi connectivity index (χ3n) is 2.76. The molecule has 84 valence electrons. The normalized spacial score (nSPS) is 12.7. The lowest BCUT2D eigenvalue weighted by Gasteiger charge is -2.10. The molecule has 4 nitrogen and oxygen atoms in total. The molecule has 2 aromatic heterocycles. The number of nitrogens with one attached hydrogen (secondary N) is 1. The molecule has 0 saturated heterocycles. The van der Waals surface area contributed by atoms with Gasteiger partial charge in [-0.25, -0.2) is 9.97 Å². The van der Waals surface area contributed by atoms with Gasteiger partial charge in [0.25, 0.3) is 0 Å². The van der Waals surface area contributed by atoms with Crippen molar-refractivity contribution in [3.05, 3.63) is 61.5 Å². The van der Waals surface area contributed by atoms with E-state index in [-0.39, 0.29) is 6.04 Å². The lowest BCUT2D eigenvalue weighted by Crippen LogP contribution is -2.07. The Bertz CT molecular complexity index is 603. The van der Waals surface area contributed by atoms with Gasteiger partial charge in [0.05, 0.1) is 17.4 Å². The number of aromatic nitrogens is 4. The number of nitrogens with zero attached hydrogens (tertiary/aromatic N) is 3. The number of allylic oxidation sites excluding steroid dienone is 1. The molecule has 2 heterocycles. The molecule has 0 fully saturated rings. The number of imidazole rings is 2. The smallest absolute Gasteiger partial charge is 0.134 e. The summed E-state index contributed by atoms with van der Waals surface area (Å²) in [5.41, 5.74) is 2.00. The standard InChI is InChI=1S/C13H12N4/c1-2-12(17-8-7-14-9-17)13-15-10-5-3-4-6-11(10)16-13/h2-9,12H,1H2,(H,15,16). The molecule has 0 spiro atoms. The Morgan fingerprint density at radius 1 is 1.35 bits per heavy atom. The first-order valence-corrected chi connectivity index (χ1v) is 5.43. The Morgan fingerprint density at radius 2 is 2.24 bits per heavy atom. The summed E-state index contributed by atoms with van der Waals surface area (Å²) in [4.78, 5) is 11.9. The van der Waals surface area contributed by atoms with E-state index in [4.69, 9.17) is 0 Å². The fraction of sp³-hybridized carbons (Fsp3) is 0.0769. The zero-order chi connectivity index (χ0) is 11.7. The number of hydrogen-bond acceptors (Lipinski definition) is 2. The molecule has 1 N–H and O–H groups in total. The summed E-state index contributed by atoms with van der Waals surface area (Å²) in [7, 11) is 0. The molecule has 3 aromatic rings. The summed E-state index contributed by atoms with van der Waals surface area (Å²) in [6.45, 7) is 3.85. The third kappa shape index (κ3) is 1.63. The van der Waals surface area contributed by atoms with Crippen LogP contribution in [0.15, 0.2) is 55.6 Å². The molecule has 0 radical (unpaired) electrons. The van der Waals surface area contributed by atoms with E-state index in [0.29, 0.717) is 0 Å². The van der Waals surface area contributed by atoms with Crippen LogP contribution in [0.5, 0.6) is 0 Å². The Morgan fingerprint density at radius 3 is 2.94 bits per heavy atom. The van der Waals surface area contributed by atoms with Gasteiger partial charge in [0.15, 0.2) is 0 Å². The van der Waals surface area contributed by atoms with Crippen LogP contribution in [0, 0.1) is 0 Å². The zero-order valence-corrected chi connectivity index (χ0v) is 9.24. The first-order chi connectivity index (χ1) is 8.38. The van der Waals surface area contributed by atoms with Crippen LogP contribution < -0.4 is 0 Å². The summed E-state index contributed by atoms with van der Waals surface area (Å²) in [6, 6.07) is 7.96. The van der Waals surface area contributed by atoms with Crippen molar-refractivity contribution in [2.45, 2.75) is 6.04 Å². The molecule has 0 saturated carbocycles. The van der Waals surface area contributed by atoms with Gasteiger partial charge in [0, 0.05) is 12.4 Å². The van der Waals surface area contributed by atoms with Crippen molar-refractivity contribution in [1.82, 2.24) is 19.5 Å². The molecule has 0 amide bonds. The Kier molecular flexibility index (Phi) is 2.26. The Balaban J connectivity index is 2.10. The number of para-hydroxylation sites is 2. The van der Waals surface area contributed by atoms with Gasteiger partial charge in [0.1, 0.15) is 11.9 Å². The average molecular weight is 224 g/mol. The maximum atomic E-state index is 4.56. The van der Waals surface area contributed by atoms with Gasteiger partial charge in [-0.1, -0.05) is 18.2 Å². The van der Waals surface area contributed by atoms with E-state index in [2.05, 4.69) is 21.5 Å². The maximum absolute atomic E-state index is 4.56. The van der Waals surface area contributed by atoms with Gasteiger partial charge in [-0.05, 0) is 12.1 Å². The number of hydrogen-bond donors (Lipinski definition) is 1. The highest BCUT2D eigenvalue weighted by Crippen LogP contribution is 2.19. The number of H-pyrrole nitrogens is 1. The highest BCUT2D eigenvalue weighted by atomic mass is 15.1. The van der Waals surface area contributed by atoms with Crippen molar-refractivity contribution in [3.63, 3.8) is 0 Å². The molecule has 4 heteroatoms. The van der Waals surface area contributed by atoms with Gasteiger partial charge in [0.2, 0.25) is 0 Å². The van der Waals surface area contributed by atoms with Gasteiger partial charge in [-0.3, -0.25) is 0 Å². The zero-order valence-electron chi connectivity index (χ0n) is 9.24. The van der Waals surface area contributed by atoms with E-state index in [1.807, 2.05) is 41.1 Å². The van der Waals surface area contributed by atoms with Crippen molar-refractivity contribution in [3.8, 4) is 0 Å². The minimum atomic E-state index is -0.00935. The summed E-state index contributed by atoms with van der Waals surface area (Å²) >= 11 is 0. The van der Waals surface area contributed by atoms with Crippen molar-refractivity contribution < 1.29 is 0 Å². The average Bonchev–Trinajstić information content (AvgIpc) is 2.98. The van der Waals surface area contributed by atoms with E-state index in [1.54, 1.807) is 12.5 Å². The second kappa shape index (κ2) is 3.90. The van der Waals surface area contributed by atoms with Crippen LogP contribution in [0.4, 0.5) is 0 Å². The van der Waals surface area contributed by atoms with E-state index in [9.17, 15) is 0 Å². The summed E-state index contributed by atoms with van der Waals surface area (Å²) in [6.07, 6.45) is 7.26. The first kappa shape index (κ1) is 9.84. The number of benzene rings is 1. The lowest BCUT2D eigenvalue weighted by molar-refractivity contribution is 0.666. The summed E-state index contributed by atoms with van der Waals surface area (Å²) < 4.78 is 1.96. The van der Waals surface area contributed by atoms with Crippen LogP contribution in [0.1, 0.15) is 11.9 Å². The maximum Gasteiger partial charge on any atom is 0.134 e. The van der Waals surface area contributed by atoms with E-state index in [0.717, 1.165) is 16.9 Å². The quantitative estimate of drug-likeness (QED) is 0.695. The van der Waals surface area contributed by atoms with E-state index in [1.165, 1.54) is 0 Å².